The maximum Gasteiger partial charge on any atom is 0.394 e. The molecule has 0 aromatic heterocycles. The Bertz CT molecular complexity index is 428. The average Bonchev–Trinajstić information content (AvgIpc) is 2.00. The first kappa shape index (κ1) is 13.6. The standard InChI is InChI=1S/C8H8O2.H2O4S/c1-6-3-2-4-7(5-6)8(9)10;1-5(2,3)4/h2-5H,1H3,(H,9,10);(H2,1,2,3,4). The highest BCUT2D eigenvalue weighted by Crippen LogP contribution is 2.02. The van der Waals surface area contributed by atoms with Gasteiger partial charge in [0.15, 0.2) is 0 Å². The second-order valence-electron chi connectivity index (χ2n) is 2.62. The van der Waals surface area contributed by atoms with Gasteiger partial charge in [0, 0.05) is 0 Å². The van der Waals surface area contributed by atoms with Crippen molar-refractivity contribution in [3.63, 3.8) is 0 Å². The molecular weight excluding hydrogens is 224 g/mol. The Kier molecular flexibility index (Phi) is 4.92. The van der Waals surface area contributed by atoms with Gasteiger partial charge in [-0.15, -0.1) is 0 Å². The van der Waals surface area contributed by atoms with Crippen molar-refractivity contribution >= 4 is 16.4 Å². The van der Waals surface area contributed by atoms with Crippen LogP contribution in [0.25, 0.3) is 0 Å². The van der Waals surface area contributed by atoms with Crippen LogP contribution in [0.2, 0.25) is 0 Å². The predicted octanol–water partition coefficient (Wildman–Crippen LogP) is 1.04. The number of benzene rings is 1. The van der Waals surface area contributed by atoms with Crippen molar-refractivity contribution in [2.24, 2.45) is 0 Å². The normalized spacial score (nSPS) is 10.1. The number of carbonyl (C=O) groups is 1. The smallest absolute Gasteiger partial charge is 0.394 e. The summed E-state index contributed by atoms with van der Waals surface area (Å²) >= 11 is 0. The van der Waals surface area contributed by atoms with E-state index in [0.29, 0.717) is 5.56 Å². The van der Waals surface area contributed by atoms with E-state index < -0.39 is 16.4 Å². The first-order valence-corrected chi connectivity index (χ1v) is 5.09. The van der Waals surface area contributed by atoms with Crippen LogP contribution < -0.4 is 0 Å². The summed E-state index contributed by atoms with van der Waals surface area (Å²) in [7, 11) is -4.67. The first-order chi connectivity index (χ1) is 6.70. The number of hydrogen-bond donors (Lipinski definition) is 3. The minimum Gasteiger partial charge on any atom is -0.478 e. The molecule has 0 bridgehead atoms. The van der Waals surface area contributed by atoms with Gasteiger partial charge in [-0.05, 0) is 19.1 Å². The fraction of sp³-hybridized carbons (Fsp3) is 0.125. The van der Waals surface area contributed by atoms with E-state index in [-0.39, 0.29) is 0 Å². The van der Waals surface area contributed by atoms with Crippen LogP contribution in [-0.4, -0.2) is 28.6 Å². The van der Waals surface area contributed by atoms with Crippen LogP contribution in [0.3, 0.4) is 0 Å². The Labute approximate surface area is 86.8 Å². The molecule has 0 aliphatic heterocycles. The van der Waals surface area contributed by atoms with Crippen LogP contribution in [0, 0.1) is 6.92 Å². The summed E-state index contributed by atoms with van der Waals surface area (Å²) in [5, 5.41) is 8.51. The molecule has 84 valence electrons. The number of carboxylic acid groups (broad SMARTS) is 1. The number of rotatable bonds is 1. The maximum atomic E-state index is 10.4. The molecule has 0 fully saturated rings. The summed E-state index contributed by atoms with van der Waals surface area (Å²) in [5.74, 6) is -0.872. The molecule has 0 atom stereocenters. The SMILES string of the molecule is Cc1cccc(C(=O)O)c1.O=S(=O)(O)O. The summed E-state index contributed by atoms with van der Waals surface area (Å²) in [6, 6.07) is 6.82. The van der Waals surface area contributed by atoms with Crippen molar-refractivity contribution in [1.29, 1.82) is 0 Å². The van der Waals surface area contributed by atoms with Crippen LogP contribution in [0.4, 0.5) is 0 Å². The van der Waals surface area contributed by atoms with Crippen molar-refractivity contribution in [3.05, 3.63) is 35.4 Å². The van der Waals surface area contributed by atoms with Gasteiger partial charge in [0.1, 0.15) is 0 Å². The maximum absolute atomic E-state index is 10.4. The molecule has 3 N–H and O–H groups in total. The molecule has 6 nitrogen and oxygen atoms in total. The Morgan fingerprint density at radius 1 is 1.27 bits per heavy atom. The zero-order valence-corrected chi connectivity index (χ0v) is 8.60. The molecule has 0 amide bonds. The molecule has 0 saturated carbocycles. The molecule has 0 heterocycles. The largest absolute Gasteiger partial charge is 0.478 e. The molecule has 0 unspecified atom stereocenters. The molecule has 0 aliphatic carbocycles. The third-order valence-electron chi connectivity index (χ3n) is 1.27. The highest BCUT2D eigenvalue weighted by molar-refractivity contribution is 7.79. The second kappa shape index (κ2) is 5.44. The molecule has 1 aromatic rings. The molecule has 15 heavy (non-hydrogen) atoms. The Balaban J connectivity index is 0.000000336. The van der Waals surface area contributed by atoms with Gasteiger partial charge in [-0.25, -0.2) is 4.79 Å². The van der Waals surface area contributed by atoms with Gasteiger partial charge in [-0.2, -0.15) is 8.42 Å². The molecule has 0 saturated heterocycles. The first-order valence-electron chi connectivity index (χ1n) is 3.70. The fourth-order valence-corrected chi connectivity index (χ4v) is 0.778. The van der Waals surface area contributed by atoms with E-state index in [1.165, 1.54) is 0 Å². The van der Waals surface area contributed by atoms with Crippen molar-refractivity contribution in [2.75, 3.05) is 0 Å². The van der Waals surface area contributed by atoms with Crippen LogP contribution in [0.15, 0.2) is 24.3 Å². The van der Waals surface area contributed by atoms with E-state index in [0.717, 1.165) is 5.56 Å². The molecule has 1 rings (SSSR count). The van der Waals surface area contributed by atoms with Gasteiger partial charge >= 0.3 is 16.4 Å². The molecule has 0 radical (unpaired) electrons. The summed E-state index contributed by atoms with van der Waals surface area (Å²) in [6.45, 7) is 1.87. The van der Waals surface area contributed by atoms with Crippen molar-refractivity contribution in [2.45, 2.75) is 6.92 Å². The van der Waals surface area contributed by atoms with E-state index in [9.17, 15) is 4.79 Å². The Morgan fingerprint density at radius 2 is 1.73 bits per heavy atom. The van der Waals surface area contributed by atoms with Crippen LogP contribution >= 0.6 is 0 Å². The van der Waals surface area contributed by atoms with Crippen LogP contribution in [0.1, 0.15) is 15.9 Å². The van der Waals surface area contributed by atoms with E-state index in [1.54, 1.807) is 18.2 Å². The fourth-order valence-electron chi connectivity index (χ4n) is 0.778. The lowest BCUT2D eigenvalue weighted by Crippen LogP contribution is -1.95. The van der Waals surface area contributed by atoms with E-state index in [1.807, 2.05) is 13.0 Å². The Hall–Kier alpha value is -1.44. The highest BCUT2D eigenvalue weighted by atomic mass is 32.3. The monoisotopic (exact) mass is 234 g/mol. The molecule has 7 heteroatoms. The zero-order chi connectivity index (χ0) is 12.1. The van der Waals surface area contributed by atoms with Crippen molar-refractivity contribution in [1.82, 2.24) is 0 Å². The number of hydrogen-bond acceptors (Lipinski definition) is 3. The van der Waals surface area contributed by atoms with Gasteiger partial charge < -0.3 is 5.11 Å². The van der Waals surface area contributed by atoms with E-state index in [2.05, 4.69) is 0 Å². The van der Waals surface area contributed by atoms with Crippen LogP contribution in [0.5, 0.6) is 0 Å². The van der Waals surface area contributed by atoms with Gasteiger partial charge in [0.05, 0.1) is 5.56 Å². The summed E-state index contributed by atoms with van der Waals surface area (Å²) < 4.78 is 31.6. The average molecular weight is 234 g/mol. The molecule has 0 aliphatic rings. The third kappa shape index (κ3) is 8.88. The molecule has 0 spiro atoms. The van der Waals surface area contributed by atoms with Gasteiger partial charge in [0.25, 0.3) is 0 Å². The van der Waals surface area contributed by atoms with E-state index in [4.69, 9.17) is 22.6 Å². The van der Waals surface area contributed by atoms with Gasteiger partial charge in [0.2, 0.25) is 0 Å². The zero-order valence-electron chi connectivity index (χ0n) is 7.78. The summed E-state index contributed by atoms with van der Waals surface area (Å²) in [5.41, 5.74) is 1.32. The molecular formula is C8H10O6S. The lowest BCUT2D eigenvalue weighted by molar-refractivity contribution is 0.0696. The minimum atomic E-state index is -4.67. The highest BCUT2D eigenvalue weighted by Gasteiger charge is 1.99. The minimum absolute atomic E-state index is 0.347. The Morgan fingerprint density at radius 3 is 2.00 bits per heavy atom. The van der Waals surface area contributed by atoms with Gasteiger partial charge in [-0.3, -0.25) is 9.11 Å². The van der Waals surface area contributed by atoms with Crippen LogP contribution in [-0.2, 0) is 10.4 Å². The quantitative estimate of drug-likeness (QED) is 0.626. The number of aryl methyl sites for hydroxylation is 1. The lowest BCUT2D eigenvalue weighted by atomic mass is 10.1. The lowest BCUT2D eigenvalue weighted by Gasteiger charge is -1.93. The number of carboxylic acids is 1. The van der Waals surface area contributed by atoms with Crippen molar-refractivity contribution < 1.29 is 27.4 Å². The van der Waals surface area contributed by atoms with E-state index >= 15 is 0 Å². The van der Waals surface area contributed by atoms with Gasteiger partial charge in [-0.1, -0.05) is 17.7 Å². The van der Waals surface area contributed by atoms with Crippen molar-refractivity contribution in [3.8, 4) is 0 Å². The summed E-state index contributed by atoms with van der Waals surface area (Å²) in [6.07, 6.45) is 0. The predicted molar refractivity (Wildman–Crippen MR) is 52.3 cm³/mol. The number of aromatic carboxylic acids is 1. The summed E-state index contributed by atoms with van der Waals surface area (Å²) in [4.78, 5) is 10.4. The third-order valence-corrected chi connectivity index (χ3v) is 1.27. The second-order valence-corrected chi connectivity index (χ2v) is 3.52. The molecule has 1 aromatic carbocycles. The topological polar surface area (TPSA) is 112 Å².